The zero-order chi connectivity index (χ0) is 19.5. The van der Waals surface area contributed by atoms with Gasteiger partial charge in [0.2, 0.25) is 15.9 Å². The van der Waals surface area contributed by atoms with E-state index in [4.69, 9.17) is 0 Å². The van der Waals surface area contributed by atoms with Crippen molar-refractivity contribution in [2.45, 2.75) is 39.8 Å². The Morgan fingerprint density at radius 3 is 2.04 bits per heavy atom. The van der Waals surface area contributed by atoms with Crippen molar-refractivity contribution in [1.29, 1.82) is 0 Å². The van der Waals surface area contributed by atoms with Crippen LogP contribution in [0, 0.1) is 13.8 Å². The summed E-state index contributed by atoms with van der Waals surface area (Å²) < 4.78 is 26.0. The molecule has 1 amide bonds. The largest absolute Gasteiger partial charge is 0.348 e. The van der Waals surface area contributed by atoms with E-state index >= 15 is 0 Å². The average molecular weight is 375 g/mol. The van der Waals surface area contributed by atoms with Gasteiger partial charge in [-0.2, -0.15) is 0 Å². The fraction of sp³-hybridized carbons (Fsp3) is 0.350. The van der Waals surface area contributed by atoms with Gasteiger partial charge in [-0.1, -0.05) is 36.4 Å². The van der Waals surface area contributed by atoms with Gasteiger partial charge >= 0.3 is 0 Å². The van der Waals surface area contributed by atoms with Gasteiger partial charge in [0.25, 0.3) is 0 Å². The molecule has 140 valence electrons. The predicted molar refractivity (Wildman–Crippen MR) is 106 cm³/mol. The van der Waals surface area contributed by atoms with Crippen LogP contribution in [0.1, 0.15) is 36.6 Å². The number of nitrogens with zero attached hydrogens (tertiary/aromatic N) is 1. The van der Waals surface area contributed by atoms with Crippen LogP contribution in [-0.4, -0.2) is 26.6 Å². The van der Waals surface area contributed by atoms with E-state index in [0.717, 1.165) is 22.9 Å². The average Bonchev–Trinajstić information content (AvgIpc) is 2.53. The Bertz CT molecular complexity index is 859. The number of amides is 1. The second-order valence-electron chi connectivity index (χ2n) is 6.72. The highest BCUT2D eigenvalue weighted by Gasteiger charge is 2.30. The zero-order valence-corrected chi connectivity index (χ0v) is 16.7. The van der Waals surface area contributed by atoms with Gasteiger partial charge < -0.3 is 5.32 Å². The number of carbonyl (C=O) groups is 1. The fourth-order valence-corrected chi connectivity index (χ4v) is 4.20. The second kappa shape index (κ2) is 7.91. The molecular weight excluding hydrogens is 348 g/mol. The molecule has 0 heterocycles. The standard InChI is InChI=1S/C20H26N2O3S/c1-14-11-15(2)13-19(12-14)22(26(5,24)25)17(4)20(23)21-16(3)18-9-7-6-8-10-18/h6-13,16-17H,1-5H3,(H,21,23). The van der Waals surface area contributed by atoms with Crippen molar-refractivity contribution in [3.05, 3.63) is 65.2 Å². The first-order chi connectivity index (χ1) is 12.1. The number of anilines is 1. The van der Waals surface area contributed by atoms with Crippen molar-refractivity contribution in [3.8, 4) is 0 Å². The van der Waals surface area contributed by atoms with Gasteiger partial charge in [0.05, 0.1) is 18.0 Å². The highest BCUT2D eigenvalue weighted by Crippen LogP contribution is 2.24. The molecule has 0 aliphatic carbocycles. The van der Waals surface area contributed by atoms with Crippen LogP contribution in [0.4, 0.5) is 5.69 Å². The van der Waals surface area contributed by atoms with Gasteiger partial charge in [-0.15, -0.1) is 0 Å². The molecular formula is C20H26N2O3S. The summed E-state index contributed by atoms with van der Waals surface area (Å²) in [6.45, 7) is 7.28. The molecule has 6 heteroatoms. The first-order valence-electron chi connectivity index (χ1n) is 8.52. The normalized spacial score (nSPS) is 13.7. The maximum absolute atomic E-state index is 12.7. The SMILES string of the molecule is Cc1cc(C)cc(N(C(C)C(=O)NC(C)c2ccccc2)S(C)(=O)=O)c1. The molecule has 2 atom stereocenters. The number of nitrogens with one attached hydrogen (secondary N) is 1. The van der Waals surface area contributed by atoms with Crippen LogP contribution >= 0.6 is 0 Å². The minimum atomic E-state index is -3.62. The summed E-state index contributed by atoms with van der Waals surface area (Å²) in [5.74, 6) is -0.342. The topological polar surface area (TPSA) is 66.5 Å². The molecule has 0 aliphatic heterocycles. The molecule has 5 nitrogen and oxygen atoms in total. The third-order valence-electron chi connectivity index (χ3n) is 4.21. The van der Waals surface area contributed by atoms with Gasteiger partial charge in [-0.05, 0) is 56.5 Å². The minimum absolute atomic E-state index is 0.216. The number of carbonyl (C=O) groups excluding carboxylic acids is 1. The van der Waals surface area contributed by atoms with Crippen molar-refractivity contribution < 1.29 is 13.2 Å². The Labute approximate surface area is 156 Å². The molecule has 0 bridgehead atoms. The lowest BCUT2D eigenvalue weighted by molar-refractivity contribution is -0.122. The molecule has 0 saturated heterocycles. The summed E-state index contributed by atoms with van der Waals surface area (Å²) in [6.07, 6.45) is 1.12. The van der Waals surface area contributed by atoms with Crippen molar-refractivity contribution in [3.63, 3.8) is 0 Å². The number of rotatable bonds is 6. The van der Waals surface area contributed by atoms with Crippen LogP contribution in [0.3, 0.4) is 0 Å². The van der Waals surface area contributed by atoms with E-state index in [9.17, 15) is 13.2 Å². The number of aryl methyl sites for hydroxylation is 2. The third kappa shape index (κ3) is 4.85. The summed E-state index contributed by atoms with van der Waals surface area (Å²) in [7, 11) is -3.62. The van der Waals surface area contributed by atoms with Gasteiger partial charge in [-0.3, -0.25) is 9.10 Å². The number of hydrogen-bond acceptors (Lipinski definition) is 3. The second-order valence-corrected chi connectivity index (χ2v) is 8.58. The van der Waals surface area contributed by atoms with Gasteiger partial charge in [0.1, 0.15) is 6.04 Å². The molecule has 0 aromatic heterocycles. The van der Waals surface area contributed by atoms with Crippen molar-refractivity contribution in [1.82, 2.24) is 5.32 Å². The molecule has 0 aliphatic rings. The van der Waals surface area contributed by atoms with Crippen LogP contribution < -0.4 is 9.62 Å². The molecule has 1 N–H and O–H groups in total. The molecule has 0 fully saturated rings. The molecule has 0 saturated carbocycles. The number of sulfonamides is 1. The molecule has 2 aromatic rings. The van der Waals surface area contributed by atoms with Gasteiger partial charge in [-0.25, -0.2) is 8.42 Å². The van der Waals surface area contributed by atoms with E-state index in [1.807, 2.05) is 57.2 Å². The lowest BCUT2D eigenvalue weighted by atomic mass is 10.1. The molecule has 2 aromatic carbocycles. The van der Waals surface area contributed by atoms with E-state index in [1.165, 1.54) is 4.31 Å². The highest BCUT2D eigenvalue weighted by atomic mass is 32.2. The van der Waals surface area contributed by atoms with E-state index in [-0.39, 0.29) is 11.9 Å². The molecule has 0 radical (unpaired) electrons. The monoisotopic (exact) mass is 374 g/mol. The third-order valence-corrected chi connectivity index (χ3v) is 5.45. The van der Waals surface area contributed by atoms with Gasteiger partial charge in [0, 0.05) is 0 Å². The molecule has 0 spiro atoms. The quantitative estimate of drug-likeness (QED) is 0.843. The van der Waals surface area contributed by atoms with E-state index in [0.29, 0.717) is 5.69 Å². The summed E-state index contributed by atoms with van der Waals surface area (Å²) in [6, 6.07) is 14.0. The Balaban J connectivity index is 2.29. The Kier molecular flexibility index (Phi) is 6.08. The predicted octanol–water partition coefficient (Wildman–Crippen LogP) is 3.34. The van der Waals surface area contributed by atoms with E-state index in [2.05, 4.69) is 5.32 Å². The van der Waals surface area contributed by atoms with Crippen molar-refractivity contribution in [2.24, 2.45) is 0 Å². The van der Waals surface area contributed by atoms with Crippen LogP contribution in [-0.2, 0) is 14.8 Å². The van der Waals surface area contributed by atoms with Crippen molar-refractivity contribution in [2.75, 3.05) is 10.6 Å². The van der Waals surface area contributed by atoms with E-state index < -0.39 is 16.1 Å². The molecule has 26 heavy (non-hydrogen) atoms. The van der Waals surface area contributed by atoms with Gasteiger partial charge in [0.15, 0.2) is 0 Å². The molecule has 2 unspecified atom stereocenters. The Morgan fingerprint density at radius 2 is 1.54 bits per heavy atom. The lowest BCUT2D eigenvalue weighted by Crippen LogP contribution is -2.48. The highest BCUT2D eigenvalue weighted by molar-refractivity contribution is 7.92. The number of benzene rings is 2. The summed E-state index contributed by atoms with van der Waals surface area (Å²) in [5, 5.41) is 2.90. The summed E-state index contributed by atoms with van der Waals surface area (Å²) in [4.78, 5) is 12.7. The molecule has 2 rings (SSSR count). The Hall–Kier alpha value is -2.34. The van der Waals surface area contributed by atoms with Crippen LogP contribution in [0.25, 0.3) is 0 Å². The number of hydrogen-bond donors (Lipinski definition) is 1. The van der Waals surface area contributed by atoms with Crippen molar-refractivity contribution >= 4 is 21.6 Å². The van der Waals surface area contributed by atoms with Crippen LogP contribution in [0.5, 0.6) is 0 Å². The maximum Gasteiger partial charge on any atom is 0.244 e. The summed E-state index contributed by atoms with van der Waals surface area (Å²) >= 11 is 0. The maximum atomic E-state index is 12.7. The van der Waals surface area contributed by atoms with E-state index in [1.54, 1.807) is 19.1 Å². The minimum Gasteiger partial charge on any atom is -0.348 e. The first kappa shape index (κ1) is 20.0. The summed E-state index contributed by atoms with van der Waals surface area (Å²) in [5.41, 5.74) is 3.35. The van der Waals surface area contributed by atoms with Crippen LogP contribution in [0.2, 0.25) is 0 Å². The smallest absolute Gasteiger partial charge is 0.244 e. The lowest BCUT2D eigenvalue weighted by Gasteiger charge is -2.29. The Morgan fingerprint density at radius 1 is 1.00 bits per heavy atom. The fourth-order valence-electron chi connectivity index (χ4n) is 3.05. The van der Waals surface area contributed by atoms with Crippen LogP contribution in [0.15, 0.2) is 48.5 Å². The first-order valence-corrected chi connectivity index (χ1v) is 10.4. The zero-order valence-electron chi connectivity index (χ0n) is 15.9.